The molecule has 1 aromatic heterocycles. The van der Waals surface area contributed by atoms with Crippen molar-refractivity contribution in [3.05, 3.63) is 24.3 Å². The Bertz CT molecular complexity index is 565. The summed E-state index contributed by atoms with van der Waals surface area (Å²) >= 11 is 1.65. The molecule has 2 heterocycles. The minimum atomic E-state index is 0.340. The zero-order valence-electron chi connectivity index (χ0n) is 12.0. The Balaban J connectivity index is 1.59. The third-order valence-corrected chi connectivity index (χ3v) is 4.48. The van der Waals surface area contributed by atoms with Crippen LogP contribution in [0.3, 0.4) is 0 Å². The summed E-state index contributed by atoms with van der Waals surface area (Å²) in [5.41, 5.74) is 1.00. The first-order chi connectivity index (χ1) is 10.3. The highest BCUT2D eigenvalue weighted by Crippen LogP contribution is 2.24. The van der Waals surface area contributed by atoms with E-state index in [4.69, 9.17) is 9.47 Å². The van der Waals surface area contributed by atoms with E-state index < -0.39 is 0 Å². The molecule has 1 aromatic carbocycles. The SMILES string of the molecule is COc1ccc(-c2nc(SCC3CCCCO3)n[nH]2)cc1. The Labute approximate surface area is 128 Å². The lowest BCUT2D eigenvalue weighted by molar-refractivity contribution is 0.0315. The summed E-state index contributed by atoms with van der Waals surface area (Å²) < 4.78 is 10.9. The fraction of sp³-hybridized carbons (Fsp3) is 0.467. The predicted molar refractivity (Wildman–Crippen MR) is 82.7 cm³/mol. The van der Waals surface area contributed by atoms with E-state index in [0.717, 1.165) is 41.1 Å². The second-order valence-corrected chi connectivity index (χ2v) is 5.98. The number of nitrogens with one attached hydrogen (secondary N) is 1. The first-order valence-corrected chi connectivity index (χ1v) is 8.15. The lowest BCUT2D eigenvalue weighted by Crippen LogP contribution is -2.21. The quantitative estimate of drug-likeness (QED) is 0.860. The molecule has 1 aliphatic rings. The van der Waals surface area contributed by atoms with Crippen molar-refractivity contribution in [2.75, 3.05) is 19.5 Å². The largest absolute Gasteiger partial charge is 0.497 e. The van der Waals surface area contributed by atoms with Crippen LogP contribution in [0.5, 0.6) is 5.75 Å². The summed E-state index contributed by atoms with van der Waals surface area (Å²) in [6.45, 7) is 0.885. The van der Waals surface area contributed by atoms with Crippen LogP contribution in [0, 0.1) is 0 Å². The van der Waals surface area contributed by atoms with E-state index in [-0.39, 0.29) is 0 Å². The number of ether oxygens (including phenoxy) is 2. The number of aromatic nitrogens is 3. The summed E-state index contributed by atoms with van der Waals surface area (Å²) in [4.78, 5) is 4.52. The van der Waals surface area contributed by atoms with Gasteiger partial charge in [0, 0.05) is 17.9 Å². The molecular weight excluding hydrogens is 286 g/mol. The Morgan fingerprint density at radius 3 is 2.90 bits per heavy atom. The minimum absolute atomic E-state index is 0.340. The normalized spacial score (nSPS) is 18.6. The highest BCUT2D eigenvalue weighted by molar-refractivity contribution is 7.99. The van der Waals surface area contributed by atoms with Crippen LogP contribution in [0.25, 0.3) is 11.4 Å². The average molecular weight is 305 g/mol. The molecule has 5 nitrogen and oxygen atoms in total. The molecule has 0 radical (unpaired) electrons. The van der Waals surface area contributed by atoms with Crippen molar-refractivity contribution in [2.24, 2.45) is 0 Å². The van der Waals surface area contributed by atoms with E-state index >= 15 is 0 Å². The van der Waals surface area contributed by atoms with Crippen LogP contribution < -0.4 is 4.74 Å². The van der Waals surface area contributed by atoms with Crippen LogP contribution in [-0.4, -0.2) is 40.8 Å². The van der Waals surface area contributed by atoms with Crippen LogP contribution in [0.4, 0.5) is 0 Å². The molecule has 21 heavy (non-hydrogen) atoms. The molecule has 0 aliphatic carbocycles. The molecule has 3 rings (SSSR count). The van der Waals surface area contributed by atoms with E-state index in [9.17, 15) is 0 Å². The van der Waals surface area contributed by atoms with Gasteiger partial charge in [0.2, 0.25) is 5.16 Å². The summed E-state index contributed by atoms with van der Waals surface area (Å²) in [6, 6.07) is 7.77. The average Bonchev–Trinajstić information content (AvgIpc) is 3.03. The summed E-state index contributed by atoms with van der Waals surface area (Å²) in [6.07, 6.45) is 3.93. The number of thioether (sulfide) groups is 1. The molecule has 0 spiro atoms. The van der Waals surface area contributed by atoms with E-state index in [0.29, 0.717) is 6.10 Å². The number of methoxy groups -OCH3 is 1. The predicted octanol–water partition coefficient (Wildman–Crippen LogP) is 3.14. The summed E-state index contributed by atoms with van der Waals surface area (Å²) in [5.74, 6) is 2.53. The van der Waals surface area contributed by atoms with Crippen molar-refractivity contribution in [2.45, 2.75) is 30.5 Å². The number of hydrogen-bond acceptors (Lipinski definition) is 5. The number of benzene rings is 1. The molecule has 1 fully saturated rings. The van der Waals surface area contributed by atoms with Crippen LogP contribution in [0.1, 0.15) is 19.3 Å². The van der Waals surface area contributed by atoms with Crippen molar-refractivity contribution in [3.8, 4) is 17.1 Å². The monoisotopic (exact) mass is 305 g/mol. The highest BCUT2D eigenvalue weighted by Gasteiger charge is 2.15. The van der Waals surface area contributed by atoms with E-state index in [2.05, 4.69) is 15.2 Å². The lowest BCUT2D eigenvalue weighted by Gasteiger charge is -2.21. The van der Waals surface area contributed by atoms with Gasteiger partial charge in [0.25, 0.3) is 0 Å². The molecule has 1 atom stereocenters. The van der Waals surface area contributed by atoms with Crippen LogP contribution in [0.15, 0.2) is 29.4 Å². The molecule has 2 aromatic rings. The van der Waals surface area contributed by atoms with Crippen molar-refractivity contribution in [1.29, 1.82) is 0 Å². The van der Waals surface area contributed by atoms with Gasteiger partial charge < -0.3 is 9.47 Å². The van der Waals surface area contributed by atoms with Crippen LogP contribution >= 0.6 is 11.8 Å². The van der Waals surface area contributed by atoms with Gasteiger partial charge in [-0.3, -0.25) is 5.10 Å². The van der Waals surface area contributed by atoms with Gasteiger partial charge in [0.1, 0.15) is 5.75 Å². The molecule has 6 heteroatoms. The van der Waals surface area contributed by atoms with Crippen LogP contribution in [-0.2, 0) is 4.74 Å². The number of hydrogen-bond donors (Lipinski definition) is 1. The smallest absolute Gasteiger partial charge is 0.208 e. The number of nitrogens with zero attached hydrogens (tertiary/aromatic N) is 2. The fourth-order valence-corrected chi connectivity index (χ4v) is 3.16. The number of H-pyrrole nitrogens is 1. The standard InChI is InChI=1S/C15H19N3O2S/c1-19-12-7-5-11(6-8-12)14-16-15(18-17-14)21-10-13-4-2-3-9-20-13/h5-8,13H,2-4,9-10H2,1H3,(H,16,17,18). The first kappa shape index (κ1) is 14.4. The Morgan fingerprint density at radius 2 is 2.19 bits per heavy atom. The Hall–Kier alpha value is -1.53. The van der Waals surface area contributed by atoms with Gasteiger partial charge in [0.05, 0.1) is 13.2 Å². The van der Waals surface area contributed by atoms with E-state index in [1.54, 1.807) is 18.9 Å². The second kappa shape index (κ2) is 6.95. The Morgan fingerprint density at radius 1 is 1.33 bits per heavy atom. The summed E-state index contributed by atoms with van der Waals surface area (Å²) in [5, 5.41) is 8.02. The summed E-state index contributed by atoms with van der Waals surface area (Å²) in [7, 11) is 1.66. The first-order valence-electron chi connectivity index (χ1n) is 7.16. The maximum atomic E-state index is 5.72. The van der Waals surface area contributed by atoms with Crippen molar-refractivity contribution < 1.29 is 9.47 Å². The lowest BCUT2D eigenvalue weighted by atomic mass is 10.1. The van der Waals surface area contributed by atoms with Crippen LogP contribution in [0.2, 0.25) is 0 Å². The minimum Gasteiger partial charge on any atom is -0.497 e. The van der Waals surface area contributed by atoms with Gasteiger partial charge in [-0.1, -0.05) is 11.8 Å². The molecule has 1 N–H and O–H groups in total. The van der Waals surface area contributed by atoms with Crippen molar-refractivity contribution >= 4 is 11.8 Å². The molecule has 0 saturated carbocycles. The zero-order valence-corrected chi connectivity index (χ0v) is 12.9. The second-order valence-electron chi connectivity index (χ2n) is 4.99. The third-order valence-electron chi connectivity index (χ3n) is 3.50. The Kier molecular flexibility index (Phi) is 4.77. The van der Waals surface area contributed by atoms with Gasteiger partial charge >= 0.3 is 0 Å². The molecule has 1 aliphatic heterocycles. The van der Waals surface area contributed by atoms with Crippen molar-refractivity contribution in [3.63, 3.8) is 0 Å². The maximum Gasteiger partial charge on any atom is 0.208 e. The number of aromatic amines is 1. The molecule has 0 amide bonds. The maximum absolute atomic E-state index is 5.72. The van der Waals surface area contributed by atoms with Gasteiger partial charge in [-0.15, -0.1) is 5.10 Å². The molecule has 0 bridgehead atoms. The zero-order chi connectivity index (χ0) is 14.5. The van der Waals surface area contributed by atoms with Gasteiger partial charge in [0.15, 0.2) is 5.82 Å². The van der Waals surface area contributed by atoms with Gasteiger partial charge in [-0.2, -0.15) is 0 Å². The molecule has 1 unspecified atom stereocenters. The topological polar surface area (TPSA) is 60.0 Å². The molecular formula is C15H19N3O2S. The molecule has 1 saturated heterocycles. The highest BCUT2D eigenvalue weighted by atomic mass is 32.2. The van der Waals surface area contributed by atoms with Gasteiger partial charge in [-0.25, -0.2) is 4.98 Å². The fourth-order valence-electron chi connectivity index (χ4n) is 2.30. The number of rotatable bonds is 5. The molecule has 112 valence electrons. The van der Waals surface area contributed by atoms with Crippen molar-refractivity contribution in [1.82, 2.24) is 15.2 Å². The van der Waals surface area contributed by atoms with Gasteiger partial charge in [-0.05, 0) is 43.5 Å². The van der Waals surface area contributed by atoms with E-state index in [1.165, 1.54) is 12.8 Å². The third kappa shape index (κ3) is 3.77. The van der Waals surface area contributed by atoms with E-state index in [1.807, 2.05) is 24.3 Å².